The summed E-state index contributed by atoms with van der Waals surface area (Å²) in [5.74, 6) is 4.59. The maximum Gasteiger partial charge on any atom is 0.416 e. The van der Waals surface area contributed by atoms with Crippen molar-refractivity contribution in [3.05, 3.63) is 94.7 Å². The van der Waals surface area contributed by atoms with Crippen LogP contribution in [-0.4, -0.2) is 22.8 Å². The second kappa shape index (κ2) is 9.23. The molecule has 31 heavy (non-hydrogen) atoms. The van der Waals surface area contributed by atoms with Gasteiger partial charge in [-0.05, 0) is 42.3 Å². The number of hydrogen-bond donors (Lipinski definition) is 2. The highest BCUT2D eigenvalue weighted by atomic mass is 19.4. The largest absolute Gasteiger partial charge is 0.416 e. The summed E-state index contributed by atoms with van der Waals surface area (Å²) in [6.07, 6.45) is -3.41. The van der Waals surface area contributed by atoms with Gasteiger partial charge < -0.3 is 10.4 Å². The number of rotatable bonds is 4. The first-order valence-electron chi connectivity index (χ1n) is 9.91. The smallest absolute Gasteiger partial charge is 0.373 e. The number of nitrogens with one attached hydrogen (secondary N) is 1. The molecule has 1 amide bonds. The van der Waals surface area contributed by atoms with E-state index in [1.807, 2.05) is 6.92 Å². The second-order valence-electron chi connectivity index (χ2n) is 7.28. The van der Waals surface area contributed by atoms with Crippen LogP contribution in [0.5, 0.6) is 0 Å². The number of hydrogen-bond acceptors (Lipinski definition) is 2. The molecule has 2 aromatic rings. The Morgan fingerprint density at radius 3 is 2.29 bits per heavy atom. The van der Waals surface area contributed by atoms with Crippen molar-refractivity contribution in [2.75, 3.05) is 0 Å². The third-order valence-corrected chi connectivity index (χ3v) is 4.90. The summed E-state index contributed by atoms with van der Waals surface area (Å²) < 4.78 is 41.5. The van der Waals surface area contributed by atoms with Crippen molar-refractivity contribution < 1.29 is 23.1 Å². The highest BCUT2D eigenvalue weighted by Crippen LogP contribution is 2.42. The van der Waals surface area contributed by atoms with E-state index in [-0.39, 0.29) is 5.70 Å². The highest BCUT2D eigenvalue weighted by Gasteiger charge is 2.49. The predicted molar refractivity (Wildman–Crippen MR) is 113 cm³/mol. The van der Waals surface area contributed by atoms with Gasteiger partial charge in [0.05, 0.1) is 5.57 Å². The first-order chi connectivity index (χ1) is 14.7. The molecule has 0 saturated carbocycles. The van der Waals surface area contributed by atoms with Gasteiger partial charge in [0.15, 0.2) is 5.60 Å². The zero-order valence-corrected chi connectivity index (χ0v) is 17.0. The lowest BCUT2D eigenvalue weighted by Crippen LogP contribution is -2.42. The van der Waals surface area contributed by atoms with Crippen molar-refractivity contribution in [3.63, 3.8) is 0 Å². The molecule has 160 valence electrons. The normalized spacial score (nSPS) is 18.7. The average Bonchev–Trinajstić information content (AvgIpc) is 2.75. The number of benzene rings is 2. The standard InChI is InChI=1S/C25H22F3NO2/c1-2-9-20-16-22(25(26,27)28)24(31,15-14-18-10-5-3-6-11-18)17-21(20)29-23(30)19-12-7-4-8-13-19/h3-8,10-13,16,31H,2,9,17H2,1H3,(H,29,30). The zero-order valence-electron chi connectivity index (χ0n) is 17.0. The minimum Gasteiger partial charge on any atom is -0.373 e. The molecule has 1 atom stereocenters. The lowest BCUT2D eigenvalue weighted by Gasteiger charge is -2.33. The fraction of sp³-hybridized carbons (Fsp3) is 0.240. The van der Waals surface area contributed by atoms with E-state index in [0.717, 1.165) is 6.08 Å². The van der Waals surface area contributed by atoms with Crippen LogP contribution in [0.3, 0.4) is 0 Å². The van der Waals surface area contributed by atoms with Crippen LogP contribution in [0.25, 0.3) is 0 Å². The Bertz CT molecular complexity index is 1060. The van der Waals surface area contributed by atoms with Crippen molar-refractivity contribution >= 4 is 5.91 Å². The minimum atomic E-state index is -4.77. The monoisotopic (exact) mass is 425 g/mol. The number of carbonyl (C=O) groups excluding carboxylic acids is 1. The Morgan fingerprint density at radius 1 is 1.10 bits per heavy atom. The number of halogens is 3. The SMILES string of the molecule is CCCC1=C(NC(=O)c2ccccc2)CC(O)(C#Cc2ccccc2)C(C(F)(F)F)=C1. The zero-order chi connectivity index (χ0) is 22.5. The fourth-order valence-electron chi connectivity index (χ4n) is 3.39. The van der Waals surface area contributed by atoms with Crippen LogP contribution in [0.15, 0.2) is 83.6 Å². The third kappa shape index (κ3) is 5.44. The van der Waals surface area contributed by atoms with E-state index in [9.17, 15) is 23.1 Å². The average molecular weight is 425 g/mol. The van der Waals surface area contributed by atoms with Crippen LogP contribution in [0.4, 0.5) is 13.2 Å². The van der Waals surface area contributed by atoms with Gasteiger partial charge in [0.1, 0.15) is 0 Å². The van der Waals surface area contributed by atoms with E-state index in [1.165, 1.54) is 0 Å². The lowest BCUT2D eigenvalue weighted by atomic mass is 9.80. The summed E-state index contributed by atoms with van der Waals surface area (Å²) in [4.78, 5) is 12.6. The summed E-state index contributed by atoms with van der Waals surface area (Å²) in [5.41, 5.74) is -2.17. The number of carbonyl (C=O) groups is 1. The molecule has 0 saturated heterocycles. The molecule has 0 bridgehead atoms. The van der Waals surface area contributed by atoms with Crippen LogP contribution in [-0.2, 0) is 0 Å². The van der Waals surface area contributed by atoms with Crippen LogP contribution < -0.4 is 5.32 Å². The lowest BCUT2D eigenvalue weighted by molar-refractivity contribution is -0.113. The highest BCUT2D eigenvalue weighted by molar-refractivity contribution is 5.95. The topological polar surface area (TPSA) is 49.3 Å². The first kappa shape index (κ1) is 22.4. The number of aliphatic hydroxyl groups is 1. The maximum absolute atomic E-state index is 13.8. The number of allylic oxidation sites excluding steroid dienone is 2. The summed E-state index contributed by atoms with van der Waals surface area (Å²) in [7, 11) is 0. The molecule has 0 fully saturated rings. The van der Waals surface area contributed by atoms with E-state index in [2.05, 4.69) is 17.2 Å². The van der Waals surface area contributed by atoms with E-state index >= 15 is 0 Å². The molecule has 1 aliphatic rings. The van der Waals surface area contributed by atoms with Gasteiger partial charge in [-0.2, -0.15) is 13.2 Å². The Morgan fingerprint density at radius 2 is 1.71 bits per heavy atom. The summed E-state index contributed by atoms with van der Waals surface area (Å²) in [6.45, 7) is 1.83. The summed E-state index contributed by atoms with van der Waals surface area (Å²) >= 11 is 0. The molecule has 2 N–H and O–H groups in total. The van der Waals surface area contributed by atoms with Gasteiger partial charge in [0, 0.05) is 23.2 Å². The van der Waals surface area contributed by atoms with Gasteiger partial charge in [0.25, 0.3) is 5.91 Å². The van der Waals surface area contributed by atoms with E-state index in [4.69, 9.17) is 0 Å². The van der Waals surface area contributed by atoms with Crippen LogP contribution in [0.1, 0.15) is 42.1 Å². The number of alkyl halides is 3. The molecular weight excluding hydrogens is 403 g/mol. The van der Waals surface area contributed by atoms with Crippen LogP contribution in [0.2, 0.25) is 0 Å². The molecule has 0 aliphatic heterocycles. The van der Waals surface area contributed by atoms with Gasteiger partial charge in [0.2, 0.25) is 0 Å². The molecule has 0 radical (unpaired) electrons. The molecule has 2 aromatic carbocycles. The van der Waals surface area contributed by atoms with Crippen molar-refractivity contribution in [2.24, 2.45) is 0 Å². The van der Waals surface area contributed by atoms with Gasteiger partial charge >= 0.3 is 6.18 Å². The summed E-state index contributed by atoms with van der Waals surface area (Å²) in [6, 6.07) is 16.8. The number of amides is 1. The van der Waals surface area contributed by atoms with E-state index < -0.39 is 29.7 Å². The molecule has 6 heteroatoms. The Kier molecular flexibility index (Phi) is 6.67. The van der Waals surface area contributed by atoms with Crippen molar-refractivity contribution in [1.82, 2.24) is 5.32 Å². The second-order valence-corrected chi connectivity index (χ2v) is 7.28. The van der Waals surface area contributed by atoms with E-state index in [0.29, 0.717) is 29.5 Å². The molecule has 3 rings (SSSR count). The molecule has 0 spiro atoms. The van der Waals surface area contributed by atoms with Gasteiger partial charge in [-0.25, -0.2) is 0 Å². The minimum absolute atomic E-state index is 0.244. The van der Waals surface area contributed by atoms with Gasteiger partial charge in [-0.1, -0.05) is 61.6 Å². The van der Waals surface area contributed by atoms with Gasteiger partial charge in [-0.15, -0.1) is 0 Å². The Labute approximate surface area is 179 Å². The van der Waals surface area contributed by atoms with Crippen LogP contribution in [0, 0.1) is 11.8 Å². The molecule has 1 unspecified atom stereocenters. The maximum atomic E-state index is 13.8. The predicted octanol–water partition coefficient (Wildman–Crippen LogP) is 5.15. The Hall–Kier alpha value is -3.30. The fourth-order valence-corrected chi connectivity index (χ4v) is 3.39. The third-order valence-electron chi connectivity index (χ3n) is 4.90. The summed E-state index contributed by atoms with van der Waals surface area (Å²) in [5, 5.41) is 13.7. The van der Waals surface area contributed by atoms with Crippen molar-refractivity contribution in [3.8, 4) is 11.8 Å². The quantitative estimate of drug-likeness (QED) is 0.666. The van der Waals surface area contributed by atoms with Crippen LogP contribution >= 0.6 is 0 Å². The Balaban J connectivity index is 2.03. The molecule has 1 aliphatic carbocycles. The van der Waals surface area contributed by atoms with Gasteiger partial charge in [-0.3, -0.25) is 4.79 Å². The molecular formula is C25H22F3NO2. The molecule has 0 heterocycles. The molecule has 0 aromatic heterocycles. The van der Waals surface area contributed by atoms with E-state index in [1.54, 1.807) is 60.7 Å². The molecule has 3 nitrogen and oxygen atoms in total. The first-order valence-corrected chi connectivity index (χ1v) is 9.91. The van der Waals surface area contributed by atoms with Crippen molar-refractivity contribution in [2.45, 2.75) is 38.0 Å². The van der Waals surface area contributed by atoms with Crippen molar-refractivity contribution in [1.29, 1.82) is 0 Å².